The van der Waals surface area contributed by atoms with Gasteiger partial charge in [0.05, 0.1) is 22.7 Å². The quantitative estimate of drug-likeness (QED) is 0.572. The molecule has 0 bridgehead atoms. The maximum Gasteiger partial charge on any atom is 0.142 e. The van der Waals surface area contributed by atoms with Gasteiger partial charge in [0.25, 0.3) is 0 Å². The molecule has 27 heavy (non-hydrogen) atoms. The molecule has 2 aromatic carbocycles. The summed E-state index contributed by atoms with van der Waals surface area (Å²) in [7, 11) is 2.17. The standard InChI is InChI=1S/C22H24N4O/c1-26-13-10-16(11-14-26)27-21(17-6-4-5-15-9-12-23-20(15)17)22-24-18-7-2-3-8-19(18)25-22/h2-9,12,16,21,23H,10-11,13-14H2,1H3,(H,24,25). The highest BCUT2D eigenvalue weighted by Crippen LogP contribution is 2.33. The summed E-state index contributed by atoms with van der Waals surface area (Å²) in [5, 5.41) is 1.19. The van der Waals surface area contributed by atoms with Crippen molar-refractivity contribution < 1.29 is 4.74 Å². The van der Waals surface area contributed by atoms with Gasteiger partial charge in [-0.15, -0.1) is 0 Å². The van der Waals surface area contributed by atoms with Gasteiger partial charge >= 0.3 is 0 Å². The number of nitrogens with one attached hydrogen (secondary N) is 2. The van der Waals surface area contributed by atoms with E-state index in [1.165, 1.54) is 5.39 Å². The topological polar surface area (TPSA) is 56.9 Å². The smallest absolute Gasteiger partial charge is 0.142 e. The van der Waals surface area contributed by atoms with Gasteiger partial charge < -0.3 is 19.6 Å². The van der Waals surface area contributed by atoms with E-state index in [-0.39, 0.29) is 12.2 Å². The van der Waals surface area contributed by atoms with E-state index in [1.807, 2.05) is 24.4 Å². The van der Waals surface area contributed by atoms with Crippen LogP contribution >= 0.6 is 0 Å². The first-order chi connectivity index (χ1) is 13.3. The van der Waals surface area contributed by atoms with Gasteiger partial charge in [0.15, 0.2) is 0 Å². The van der Waals surface area contributed by atoms with E-state index in [0.717, 1.165) is 53.9 Å². The summed E-state index contributed by atoms with van der Waals surface area (Å²) >= 11 is 0. The van der Waals surface area contributed by atoms with Gasteiger partial charge in [0.1, 0.15) is 11.9 Å². The van der Waals surface area contributed by atoms with Gasteiger partial charge in [0.2, 0.25) is 0 Å². The molecular weight excluding hydrogens is 336 g/mol. The van der Waals surface area contributed by atoms with E-state index < -0.39 is 0 Å². The summed E-state index contributed by atoms with van der Waals surface area (Å²) < 4.78 is 6.68. The van der Waals surface area contributed by atoms with Crippen LogP contribution in [0.5, 0.6) is 0 Å². The van der Waals surface area contributed by atoms with Crippen molar-refractivity contribution in [2.75, 3.05) is 20.1 Å². The molecule has 1 fully saturated rings. The first kappa shape index (κ1) is 16.5. The van der Waals surface area contributed by atoms with Gasteiger partial charge in [-0.05, 0) is 43.5 Å². The number of aromatic nitrogens is 3. The monoisotopic (exact) mass is 360 g/mol. The van der Waals surface area contributed by atoms with Crippen LogP contribution in [0.2, 0.25) is 0 Å². The summed E-state index contributed by atoms with van der Waals surface area (Å²) in [6.45, 7) is 2.15. The number of imidazole rings is 1. The number of para-hydroxylation sites is 3. The number of rotatable bonds is 4. The van der Waals surface area contributed by atoms with Crippen LogP contribution in [-0.4, -0.2) is 46.1 Å². The van der Waals surface area contributed by atoms with Gasteiger partial charge in [-0.3, -0.25) is 0 Å². The Kier molecular flexibility index (Phi) is 4.19. The van der Waals surface area contributed by atoms with Crippen LogP contribution in [0.3, 0.4) is 0 Å². The maximum atomic E-state index is 6.68. The molecule has 0 saturated carbocycles. The largest absolute Gasteiger partial charge is 0.362 e. The zero-order valence-electron chi connectivity index (χ0n) is 15.5. The van der Waals surface area contributed by atoms with Crippen molar-refractivity contribution in [1.82, 2.24) is 19.9 Å². The third-order valence-corrected chi connectivity index (χ3v) is 5.55. The van der Waals surface area contributed by atoms with Crippen LogP contribution < -0.4 is 0 Å². The molecule has 1 aliphatic rings. The minimum absolute atomic E-state index is 0.215. The van der Waals surface area contributed by atoms with Crippen LogP contribution in [0, 0.1) is 0 Å². The van der Waals surface area contributed by atoms with Gasteiger partial charge in [-0.25, -0.2) is 4.98 Å². The highest BCUT2D eigenvalue weighted by molar-refractivity contribution is 5.83. The average molecular weight is 360 g/mol. The number of nitrogens with zero attached hydrogens (tertiary/aromatic N) is 2. The minimum atomic E-state index is -0.215. The van der Waals surface area contributed by atoms with E-state index in [4.69, 9.17) is 9.72 Å². The first-order valence-corrected chi connectivity index (χ1v) is 9.62. The van der Waals surface area contributed by atoms with Crippen LogP contribution in [0.1, 0.15) is 30.3 Å². The van der Waals surface area contributed by atoms with Gasteiger partial charge in [-0.1, -0.05) is 30.3 Å². The molecule has 0 spiro atoms. The predicted octanol–water partition coefficient (Wildman–Crippen LogP) is 4.24. The van der Waals surface area contributed by atoms with E-state index in [9.17, 15) is 0 Å². The lowest BCUT2D eigenvalue weighted by atomic mass is 10.0. The zero-order chi connectivity index (χ0) is 18.2. The molecule has 2 N–H and O–H groups in total. The van der Waals surface area contributed by atoms with Crippen LogP contribution in [-0.2, 0) is 4.74 Å². The molecule has 0 radical (unpaired) electrons. The number of likely N-dealkylation sites (tertiary alicyclic amines) is 1. The fraction of sp³-hybridized carbons (Fsp3) is 0.318. The summed E-state index contributed by atoms with van der Waals surface area (Å²) in [6, 6.07) is 16.6. The van der Waals surface area contributed by atoms with E-state index in [2.05, 4.69) is 52.2 Å². The molecule has 5 heteroatoms. The summed E-state index contributed by atoms with van der Waals surface area (Å²) in [5.41, 5.74) is 4.28. The number of fused-ring (bicyclic) bond motifs is 2. The molecule has 5 rings (SSSR count). The van der Waals surface area contributed by atoms with Crippen molar-refractivity contribution in [1.29, 1.82) is 0 Å². The molecule has 1 unspecified atom stereocenters. The Morgan fingerprint density at radius 2 is 1.93 bits per heavy atom. The summed E-state index contributed by atoms with van der Waals surface area (Å²) in [5.74, 6) is 0.872. The Bertz CT molecular complexity index is 1030. The Balaban J connectivity index is 1.57. The van der Waals surface area contributed by atoms with Gasteiger partial charge in [-0.2, -0.15) is 0 Å². The summed E-state index contributed by atoms with van der Waals surface area (Å²) in [6.07, 6.45) is 4.11. The second-order valence-electron chi connectivity index (χ2n) is 7.45. The fourth-order valence-electron chi connectivity index (χ4n) is 4.02. The van der Waals surface area contributed by atoms with Crippen molar-refractivity contribution in [2.24, 2.45) is 0 Å². The molecule has 3 heterocycles. The Labute approximate surface area is 158 Å². The SMILES string of the molecule is CN1CCC(OC(c2nc3ccccc3[nH]2)c2cccc3cc[nH]c23)CC1. The van der Waals surface area contributed by atoms with Crippen molar-refractivity contribution in [3.8, 4) is 0 Å². The highest BCUT2D eigenvalue weighted by atomic mass is 16.5. The second-order valence-corrected chi connectivity index (χ2v) is 7.45. The lowest BCUT2D eigenvalue weighted by Crippen LogP contribution is -2.35. The van der Waals surface area contributed by atoms with Crippen LogP contribution in [0.4, 0.5) is 0 Å². The van der Waals surface area contributed by atoms with Crippen molar-refractivity contribution in [3.05, 3.63) is 66.1 Å². The lowest BCUT2D eigenvalue weighted by molar-refractivity contribution is -0.0259. The Morgan fingerprint density at radius 3 is 2.78 bits per heavy atom. The third kappa shape index (κ3) is 3.13. The summed E-state index contributed by atoms with van der Waals surface area (Å²) in [4.78, 5) is 14.1. The molecule has 5 nitrogen and oxygen atoms in total. The number of hydrogen-bond acceptors (Lipinski definition) is 3. The number of piperidine rings is 1. The third-order valence-electron chi connectivity index (χ3n) is 5.55. The highest BCUT2D eigenvalue weighted by Gasteiger charge is 2.27. The molecule has 4 aromatic rings. The predicted molar refractivity (Wildman–Crippen MR) is 108 cm³/mol. The number of benzene rings is 2. The van der Waals surface area contributed by atoms with Crippen molar-refractivity contribution >= 4 is 21.9 Å². The van der Waals surface area contributed by atoms with Gasteiger partial charge in [0, 0.05) is 24.8 Å². The second kappa shape index (κ2) is 6.83. The maximum absolute atomic E-state index is 6.68. The molecule has 138 valence electrons. The number of ether oxygens (including phenoxy) is 1. The lowest BCUT2D eigenvalue weighted by Gasteiger charge is -2.31. The molecule has 0 aliphatic carbocycles. The number of H-pyrrole nitrogens is 2. The molecule has 1 saturated heterocycles. The zero-order valence-corrected chi connectivity index (χ0v) is 15.5. The molecule has 1 aliphatic heterocycles. The normalized spacial score (nSPS) is 17.7. The Hall–Kier alpha value is -2.63. The fourth-order valence-corrected chi connectivity index (χ4v) is 4.02. The van der Waals surface area contributed by atoms with Crippen molar-refractivity contribution in [3.63, 3.8) is 0 Å². The van der Waals surface area contributed by atoms with E-state index in [0.29, 0.717) is 0 Å². The van der Waals surface area contributed by atoms with E-state index in [1.54, 1.807) is 0 Å². The number of aromatic amines is 2. The average Bonchev–Trinajstić information content (AvgIpc) is 3.34. The Morgan fingerprint density at radius 1 is 1.07 bits per heavy atom. The molecule has 0 amide bonds. The van der Waals surface area contributed by atoms with Crippen LogP contribution in [0.15, 0.2) is 54.7 Å². The molecule has 1 atom stereocenters. The molecule has 2 aromatic heterocycles. The number of hydrogen-bond donors (Lipinski definition) is 2. The molecular formula is C22H24N4O. The van der Waals surface area contributed by atoms with E-state index >= 15 is 0 Å². The minimum Gasteiger partial charge on any atom is -0.362 e. The van der Waals surface area contributed by atoms with Crippen molar-refractivity contribution in [2.45, 2.75) is 25.0 Å². The first-order valence-electron chi connectivity index (χ1n) is 9.62. The van der Waals surface area contributed by atoms with Crippen LogP contribution in [0.25, 0.3) is 21.9 Å².